The molecule has 1 unspecified atom stereocenters. The zero-order chi connectivity index (χ0) is 11.3. The number of amidine groups is 1. The number of nitrogens with two attached hydrogens (primary N) is 1. The topological polar surface area (TPSA) is 70.6 Å². The molecule has 5 heteroatoms. The van der Waals surface area contributed by atoms with Crippen LogP contribution in [0.4, 0.5) is 0 Å². The van der Waals surface area contributed by atoms with Crippen LogP contribution in [0.2, 0.25) is 0 Å². The van der Waals surface area contributed by atoms with Gasteiger partial charge in [0, 0.05) is 10.5 Å². The summed E-state index contributed by atoms with van der Waals surface area (Å²) in [6, 6.07) is 8.15. The maximum absolute atomic E-state index is 8.38. The molecule has 0 aliphatic rings. The molecule has 1 rings (SSSR count). The van der Waals surface area contributed by atoms with Crippen LogP contribution in [0.15, 0.2) is 33.9 Å². The van der Waals surface area contributed by atoms with Crippen LogP contribution >= 0.6 is 15.9 Å². The van der Waals surface area contributed by atoms with Gasteiger partial charge in [-0.25, -0.2) is 0 Å². The lowest BCUT2D eigenvalue weighted by Gasteiger charge is -2.13. The van der Waals surface area contributed by atoms with E-state index in [0.717, 1.165) is 10.0 Å². The van der Waals surface area contributed by atoms with Gasteiger partial charge in [-0.15, -0.1) is 0 Å². The summed E-state index contributed by atoms with van der Waals surface area (Å²) in [6.45, 7) is 2.39. The fourth-order valence-electron chi connectivity index (χ4n) is 1.19. The van der Waals surface area contributed by atoms with Crippen LogP contribution in [-0.4, -0.2) is 17.6 Å². The predicted octanol–water partition coefficient (Wildman–Crippen LogP) is 1.85. The van der Waals surface area contributed by atoms with Crippen LogP contribution in [0.25, 0.3) is 0 Å². The summed E-state index contributed by atoms with van der Waals surface area (Å²) < 4.78 is 1.04. The number of nitrogens with one attached hydrogen (secondary N) is 1. The first-order valence-corrected chi connectivity index (χ1v) is 5.38. The highest BCUT2D eigenvalue weighted by Crippen LogP contribution is 2.17. The Labute approximate surface area is 97.3 Å². The molecule has 82 valence electrons. The SMILES string of the molecule is CC(NCC(N)=NO)c1cccc(Br)c1. The third-order valence-corrected chi connectivity index (χ3v) is 2.56. The van der Waals surface area contributed by atoms with Crippen LogP contribution in [0, 0.1) is 0 Å². The van der Waals surface area contributed by atoms with Gasteiger partial charge in [0.05, 0.1) is 6.54 Å². The van der Waals surface area contributed by atoms with Gasteiger partial charge in [-0.2, -0.15) is 0 Å². The van der Waals surface area contributed by atoms with Crippen LogP contribution < -0.4 is 11.1 Å². The third-order valence-electron chi connectivity index (χ3n) is 2.07. The van der Waals surface area contributed by atoms with E-state index in [-0.39, 0.29) is 11.9 Å². The van der Waals surface area contributed by atoms with Crippen molar-refractivity contribution < 1.29 is 5.21 Å². The Morgan fingerprint density at radius 2 is 2.40 bits per heavy atom. The van der Waals surface area contributed by atoms with Crippen molar-refractivity contribution in [3.8, 4) is 0 Å². The molecule has 0 spiro atoms. The molecule has 4 nitrogen and oxygen atoms in total. The minimum atomic E-state index is 0.155. The van der Waals surface area contributed by atoms with E-state index in [0.29, 0.717) is 6.54 Å². The van der Waals surface area contributed by atoms with Crippen molar-refractivity contribution in [3.05, 3.63) is 34.3 Å². The standard InChI is InChI=1S/C10H14BrN3O/c1-7(13-6-10(12)14-15)8-3-2-4-9(11)5-8/h2-5,7,13,15H,6H2,1H3,(H2,12,14). The Bertz CT molecular complexity index is 354. The Morgan fingerprint density at radius 1 is 1.67 bits per heavy atom. The zero-order valence-electron chi connectivity index (χ0n) is 8.44. The van der Waals surface area contributed by atoms with Crippen LogP contribution in [-0.2, 0) is 0 Å². The molecule has 1 aromatic rings. The minimum Gasteiger partial charge on any atom is -0.409 e. The van der Waals surface area contributed by atoms with Gasteiger partial charge in [0.2, 0.25) is 0 Å². The molecule has 4 N–H and O–H groups in total. The fourth-order valence-corrected chi connectivity index (χ4v) is 1.60. The number of nitrogens with zero attached hydrogens (tertiary/aromatic N) is 1. The second-order valence-corrected chi connectivity index (χ2v) is 4.16. The van der Waals surface area contributed by atoms with Gasteiger partial charge >= 0.3 is 0 Å². The van der Waals surface area contributed by atoms with Crippen molar-refractivity contribution in [1.82, 2.24) is 5.32 Å². The number of hydrogen-bond acceptors (Lipinski definition) is 3. The molecule has 1 aromatic carbocycles. The second-order valence-electron chi connectivity index (χ2n) is 3.25. The summed E-state index contributed by atoms with van der Waals surface area (Å²) >= 11 is 3.41. The van der Waals surface area contributed by atoms with Gasteiger partial charge in [0.1, 0.15) is 0 Å². The van der Waals surface area contributed by atoms with Crippen molar-refractivity contribution in [2.75, 3.05) is 6.54 Å². The quantitative estimate of drug-likeness (QED) is 0.339. The number of hydrogen-bond donors (Lipinski definition) is 3. The lowest BCUT2D eigenvalue weighted by Crippen LogP contribution is -2.30. The van der Waals surface area contributed by atoms with E-state index in [1.165, 1.54) is 0 Å². The van der Waals surface area contributed by atoms with Gasteiger partial charge in [-0.3, -0.25) is 0 Å². The highest BCUT2D eigenvalue weighted by molar-refractivity contribution is 9.10. The summed E-state index contributed by atoms with van der Waals surface area (Å²) in [5, 5.41) is 14.4. The average Bonchev–Trinajstić information content (AvgIpc) is 2.25. The highest BCUT2D eigenvalue weighted by atomic mass is 79.9. The van der Waals surface area contributed by atoms with Crippen molar-refractivity contribution in [3.63, 3.8) is 0 Å². The van der Waals surface area contributed by atoms with Crippen LogP contribution in [0.5, 0.6) is 0 Å². The molecular weight excluding hydrogens is 258 g/mol. The summed E-state index contributed by atoms with van der Waals surface area (Å²) in [5.74, 6) is 0.178. The maximum Gasteiger partial charge on any atom is 0.153 e. The molecule has 0 aliphatic heterocycles. The normalized spacial score (nSPS) is 13.9. The predicted molar refractivity (Wildman–Crippen MR) is 64.0 cm³/mol. The zero-order valence-corrected chi connectivity index (χ0v) is 10.0. The van der Waals surface area contributed by atoms with Gasteiger partial charge in [-0.1, -0.05) is 33.2 Å². The van der Waals surface area contributed by atoms with Crippen LogP contribution in [0.3, 0.4) is 0 Å². The Hall–Kier alpha value is -1.07. The van der Waals surface area contributed by atoms with Crippen molar-refractivity contribution in [1.29, 1.82) is 0 Å². The lowest BCUT2D eigenvalue weighted by atomic mass is 10.1. The van der Waals surface area contributed by atoms with Gasteiger partial charge in [0.15, 0.2) is 5.84 Å². The Morgan fingerprint density at radius 3 is 3.00 bits per heavy atom. The summed E-state index contributed by atoms with van der Waals surface area (Å²) in [6.07, 6.45) is 0. The van der Waals surface area contributed by atoms with E-state index in [2.05, 4.69) is 26.4 Å². The molecule has 15 heavy (non-hydrogen) atoms. The molecule has 0 fully saturated rings. The molecule has 0 saturated carbocycles. The molecule has 0 aliphatic carbocycles. The third kappa shape index (κ3) is 3.89. The van der Waals surface area contributed by atoms with E-state index >= 15 is 0 Å². The smallest absolute Gasteiger partial charge is 0.153 e. The molecule has 0 radical (unpaired) electrons. The first-order valence-electron chi connectivity index (χ1n) is 4.58. The maximum atomic E-state index is 8.38. The summed E-state index contributed by atoms with van der Waals surface area (Å²) in [5.41, 5.74) is 6.51. The molecule has 1 atom stereocenters. The first-order chi connectivity index (χ1) is 7.13. The molecule has 0 saturated heterocycles. The molecular formula is C10H14BrN3O. The number of halogens is 1. The van der Waals surface area contributed by atoms with E-state index < -0.39 is 0 Å². The monoisotopic (exact) mass is 271 g/mol. The average molecular weight is 272 g/mol. The highest BCUT2D eigenvalue weighted by Gasteiger charge is 2.05. The van der Waals surface area contributed by atoms with Gasteiger partial charge in [-0.05, 0) is 24.6 Å². The van der Waals surface area contributed by atoms with E-state index in [1.54, 1.807) is 0 Å². The Kier molecular flexibility index (Phi) is 4.58. The number of rotatable bonds is 4. The van der Waals surface area contributed by atoms with Gasteiger partial charge < -0.3 is 16.3 Å². The van der Waals surface area contributed by atoms with Crippen molar-refractivity contribution in [2.24, 2.45) is 10.9 Å². The number of oxime groups is 1. The fraction of sp³-hybridized carbons (Fsp3) is 0.300. The second kappa shape index (κ2) is 5.72. The molecule has 0 heterocycles. The van der Waals surface area contributed by atoms with Gasteiger partial charge in [0.25, 0.3) is 0 Å². The number of benzene rings is 1. The summed E-state index contributed by atoms with van der Waals surface area (Å²) in [7, 11) is 0. The molecule has 0 amide bonds. The van der Waals surface area contributed by atoms with E-state index in [9.17, 15) is 0 Å². The first kappa shape index (κ1) is 12.0. The largest absolute Gasteiger partial charge is 0.409 e. The summed E-state index contributed by atoms with van der Waals surface area (Å²) in [4.78, 5) is 0. The van der Waals surface area contributed by atoms with E-state index in [4.69, 9.17) is 10.9 Å². The lowest BCUT2D eigenvalue weighted by molar-refractivity contribution is 0.316. The van der Waals surface area contributed by atoms with E-state index in [1.807, 2.05) is 31.2 Å². The Balaban J connectivity index is 2.57. The van der Waals surface area contributed by atoms with Crippen LogP contribution in [0.1, 0.15) is 18.5 Å². The van der Waals surface area contributed by atoms with Crippen molar-refractivity contribution >= 4 is 21.8 Å². The molecule has 0 aromatic heterocycles. The minimum absolute atomic E-state index is 0.155. The van der Waals surface area contributed by atoms with Crippen molar-refractivity contribution in [2.45, 2.75) is 13.0 Å². The molecule has 0 bridgehead atoms.